The summed E-state index contributed by atoms with van der Waals surface area (Å²) in [4.78, 5) is 30.5. The van der Waals surface area contributed by atoms with Gasteiger partial charge in [-0.15, -0.1) is 0 Å². The quantitative estimate of drug-likeness (QED) is 0.784. The minimum atomic E-state index is -0.635. The number of aromatic nitrogens is 2. The van der Waals surface area contributed by atoms with Crippen molar-refractivity contribution in [2.75, 3.05) is 39.4 Å². The second-order valence-corrected chi connectivity index (χ2v) is 5.63. The van der Waals surface area contributed by atoms with E-state index in [0.29, 0.717) is 32.1 Å². The van der Waals surface area contributed by atoms with Gasteiger partial charge < -0.3 is 20.7 Å². The highest BCUT2D eigenvalue weighted by atomic mass is 16.5. The van der Waals surface area contributed by atoms with Crippen LogP contribution in [0.2, 0.25) is 0 Å². The SMILES string of the molecule is NC(=O)c1cnc(C2CCCNC2)n1C(=O)N1CCOCC1. The number of carbonyl (C=O) groups excluding carboxylic acids is 2. The summed E-state index contributed by atoms with van der Waals surface area (Å²) in [7, 11) is 0. The molecule has 120 valence electrons. The van der Waals surface area contributed by atoms with E-state index in [1.165, 1.54) is 10.8 Å². The molecular formula is C14H21N5O3. The number of ether oxygens (including phenoxy) is 1. The molecule has 2 saturated heterocycles. The average molecular weight is 307 g/mol. The molecule has 1 aromatic heterocycles. The van der Waals surface area contributed by atoms with E-state index in [9.17, 15) is 9.59 Å². The summed E-state index contributed by atoms with van der Waals surface area (Å²) >= 11 is 0. The molecule has 22 heavy (non-hydrogen) atoms. The zero-order valence-corrected chi connectivity index (χ0v) is 12.5. The van der Waals surface area contributed by atoms with Crippen LogP contribution in [0.1, 0.15) is 35.1 Å². The average Bonchev–Trinajstić information content (AvgIpc) is 3.01. The smallest absolute Gasteiger partial charge is 0.330 e. The second kappa shape index (κ2) is 6.45. The Morgan fingerprint density at radius 1 is 1.36 bits per heavy atom. The van der Waals surface area contributed by atoms with E-state index in [4.69, 9.17) is 10.5 Å². The number of nitrogens with two attached hydrogens (primary N) is 1. The first-order valence-corrected chi connectivity index (χ1v) is 7.63. The van der Waals surface area contributed by atoms with Gasteiger partial charge in [-0.1, -0.05) is 0 Å². The Bertz CT molecular complexity index is 559. The van der Waals surface area contributed by atoms with Gasteiger partial charge in [0, 0.05) is 25.6 Å². The molecule has 0 saturated carbocycles. The Kier molecular flexibility index (Phi) is 4.39. The van der Waals surface area contributed by atoms with Gasteiger partial charge in [0.1, 0.15) is 11.5 Å². The molecule has 2 fully saturated rings. The second-order valence-electron chi connectivity index (χ2n) is 5.63. The highest BCUT2D eigenvalue weighted by Gasteiger charge is 2.29. The lowest BCUT2D eigenvalue weighted by Gasteiger charge is -2.29. The van der Waals surface area contributed by atoms with Gasteiger partial charge in [-0.25, -0.2) is 14.3 Å². The van der Waals surface area contributed by atoms with Crippen molar-refractivity contribution in [1.82, 2.24) is 19.8 Å². The molecule has 2 aliphatic heterocycles. The number of primary amides is 1. The van der Waals surface area contributed by atoms with E-state index in [2.05, 4.69) is 10.3 Å². The molecule has 8 heteroatoms. The standard InChI is InChI=1S/C14H21N5O3/c15-12(20)11-9-17-13(10-2-1-3-16-8-10)19(11)14(21)18-4-6-22-7-5-18/h9-10,16H,1-8H2,(H2,15,20). The number of morpholine rings is 1. The normalized spacial score (nSPS) is 22.5. The fraction of sp³-hybridized carbons (Fsp3) is 0.643. The molecule has 1 atom stereocenters. The van der Waals surface area contributed by atoms with Crippen LogP contribution < -0.4 is 11.1 Å². The molecule has 2 amide bonds. The number of nitrogens with zero attached hydrogens (tertiary/aromatic N) is 3. The van der Waals surface area contributed by atoms with Crippen LogP contribution >= 0.6 is 0 Å². The van der Waals surface area contributed by atoms with Crippen LogP contribution in [0.4, 0.5) is 4.79 Å². The van der Waals surface area contributed by atoms with Gasteiger partial charge in [0.15, 0.2) is 0 Å². The van der Waals surface area contributed by atoms with Crippen LogP contribution in [0.3, 0.4) is 0 Å². The molecule has 8 nitrogen and oxygen atoms in total. The molecule has 1 unspecified atom stereocenters. The minimum absolute atomic E-state index is 0.117. The molecule has 0 spiro atoms. The van der Waals surface area contributed by atoms with Crippen molar-refractivity contribution in [3.8, 4) is 0 Å². The van der Waals surface area contributed by atoms with E-state index in [-0.39, 0.29) is 17.6 Å². The molecule has 3 rings (SSSR count). The lowest BCUT2D eigenvalue weighted by atomic mass is 9.99. The number of rotatable bonds is 2. The van der Waals surface area contributed by atoms with Crippen molar-refractivity contribution >= 4 is 11.9 Å². The van der Waals surface area contributed by atoms with Gasteiger partial charge in [-0.05, 0) is 19.4 Å². The largest absolute Gasteiger partial charge is 0.378 e. The topological polar surface area (TPSA) is 102 Å². The van der Waals surface area contributed by atoms with Gasteiger partial charge in [-0.2, -0.15) is 0 Å². The van der Waals surface area contributed by atoms with Crippen LogP contribution in [0.25, 0.3) is 0 Å². The van der Waals surface area contributed by atoms with E-state index in [1.54, 1.807) is 4.90 Å². The number of hydrogen-bond acceptors (Lipinski definition) is 5. The molecule has 3 N–H and O–H groups in total. The lowest BCUT2D eigenvalue weighted by molar-refractivity contribution is 0.0531. The highest BCUT2D eigenvalue weighted by Crippen LogP contribution is 2.24. The fourth-order valence-electron chi connectivity index (χ4n) is 3.00. The molecule has 2 aliphatic rings. The predicted molar refractivity (Wildman–Crippen MR) is 78.8 cm³/mol. The van der Waals surface area contributed by atoms with Crippen LogP contribution in [-0.2, 0) is 4.74 Å². The van der Waals surface area contributed by atoms with E-state index >= 15 is 0 Å². The number of amides is 2. The van der Waals surface area contributed by atoms with E-state index < -0.39 is 5.91 Å². The van der Waals surface area contributed by atoms with Gasteiger partial charge in [0.2, 0.25) is 0 Å². The zero-order chi connectivity index (χ0) is 15.5. The Labute approximate surface area is 128 Å². The summed E-state index contributed by atoms with van der Waals surface area (Å²) in [6, 6.07) is -0.241. The van der Waals surface area contributed by atoms with Crippen molar-refractivity contribution in [1.29, 1.82) is 0 Å². The fourth-order valence-corrected chi connectivity index (χ4v) is 3.00. The van der Waals surface area contributed by atoms with Gasteiger partial charge in [0.05, 0.1) is 19.4 Å². The lowest BCUT2D eigenvalue weighted by Crippen LogP contribution is -2.45. The van der Waals surface area contributed by atoms with Gasteiger partial charge in [-0.3, -0.25) is 4.79 Å². The Morgan fingerprint density at radius 2 is 2.14 bits per heavy atom. The molecule has 0 radical (unpaired) electrons. The maximum atomic E-state index is 12.8. The van der Waals surface area contributed by atoms with Crippen molar-refractivity contribution in [2.45, 2.75) is 18.8 Å². The molecule has 1 aromatic rings. The van der Waals surface area contributed by atoms with Crippen LogP contribution in [0.5, 0.6) is 0 Å². The Hall–Kier alpha value is -1.93. The predicted octanol–water partition coefficient (Wildman–Crippen LogP) is -0.251. The molecule has 3 heterocycles. The molecule has 0 bridgehead atoms. The van der Waals surface area contributed by atoms with Crippen molar-refractivity contribution in [3.05, 3.63) is 17.7 Å². The van der Waals surface area contributed by atoms with Crippen molar-refractivity contribution in [2.24, 2.45) is 5.73 Å². The van der Waals surface area contributed by atoms with E-state index in [0.717, 1.165) is 25.9 Å². The maximum absolute atomic E-state index is 12.8. The van der Waals surface area contributed by atoms with Crippen molar-refractivity contribution in [3.63, 3.8) is 0 Å². The Balaban J connectivity index is 1.93. The summed E-state index contributed by atoms with van der Waals surface area (Å²) in [5.41, 5.74) is 5.56. The van der Waals surface area contributed by atoms with Crippen molar-refractivity contribution < 1.29 is 14.3 Å². The summed E-state index contributed by atoms with van der Waals surface area (Å²) in [5.74, 6) is 0.105. The third-order valence-electron chi connectivity index (χ3n) is 4.18. The number of nitrogens with one attached hydrogen (secondary N) is 1. The van der Waals surface area contributed by atoms with Gasteiger partial charge in [0.25, 0.3) is 5.91 Å². The number of imidazole rings is 1. The summed E-state index contributed by atoms with van der Waals surface area (Å²) in [6.45, 7) is 3.76. The molecular weight excluding hydrogens is 286 g/mol. The van der Waals surface area contributed by atoms with Gasteiger partial charge >= 0.3 is 6.03 Å². The van der Waals surface area contributed by atoms with Crippen LogP contribution in [0.15, 0.2) is 6.20 Å². The van der Waals surface area contributed by atoms with E-state index in [1.807, 2.05) is 0 Å². The monoisotopic (exact) mass is 307 g/mol. The first-order valence-electron chi connectivity index (χ1n) is 7.63. The van der Waals surface area contributed by atoms with Crippen LogP contribution in [0, 0.1) is 0 Å². The van der Waals surface area contributed by atoms with Crippen LogP contribution in [-0.4, -0.2) is 65.8 Å². The zero-order valence-electron chi connectivity index (χ0n) is 12.5. The summed E-state index contributed by atoms with van der Waals surface area (Å²) < 4.78 is 6.67. The molecule has 0 aromatic carbocycles. The minimum Gasteiger partial charge on any atom is -0.378 e. The first kappa shape index (κ1) is 15.0. The third-order valence-corrected chi connectivity index (χ3v) is 4.18. The first-order chi connectivity index (χ1) is 10.7. The highest BCUT2D eigenvalue weighted by molar-refractivity contribution is 5.95. The maximum Gasteiger partial charge on any atom is 0.330 e. The number of piperidine rings is 1. The number of hydrogen-bond donors (Lipinski definition) is 2. The molecule has 0 aliphatic carbocycles. The third kappa shape index (κ3) is 2.84. The number of carbonyl (C=O) groups is 2. The Morgan fingerprint density at radius 3 is 2.77 bits per heavy atom. The summed E-state index contributed by atoms with van der Waals surface area (Å²) in [5, 5.41) is 3.30. The summed E-state index contributed by atoms with van der Waals surface area (Å²) in [6.07, 6.45) is 3.37.